The molecule has 0 saturated carbocycles. The number of hydrogen-bond acceptors (Lipinski definition) is 6. The maximum Gasteiger partial charge on any atom is 0.330 e. The molecule has 8 nitrogen and oxygen atoms in total. The summed E-state index contributed by atoms with van der Waals surface area (Å²) in [4.78, 5) is 0. The Bertz CT molecular complexity index is 851. The molecule has 0 saturated heterocycles. The molecule has 0 unspecified atom stereocenters. The fourth-order valence-electron chi connectivity index (χ4n) is 3.61. The van der Waals surface area contributed by atoms with Crippen LogP contribution in [0, 0.1) is 0 Å². The summed E-state index contributed by atoms with van der Waals surface area (Å²) < 4.78 is 50.7. The van der Waals surface area contributed by atoms with Crippen LogP contribution in [0.3, 0.4) is 0 Å². The highest BCUT2D eigenvalue weighted by molar-refractivity contribution is 7.54. The fourth-order valence-corrected chi connectivity index (χ4v) is 6.91. The van der Waals surface area contributed by atoms with Crippen molar-refractivity contribution in [1.29, 1.82) is 0 Å². The van der Waals surface area contributed by atoms with E-state index < -0.39 is 15.2 Å². The molecule has 36 heavy (non-hydrogen) atoms. The quantitative estimate of drug-likeness (QED) is 0.163. The van der Waals surface area contributed by atoms with E-state index in [2.05, 4.69) is 33.4 Å². The van der Waals surface area contributed by atoms with Gasteiger partial charge in [0.1, 0.15) is 13.1 Å². The third-order valence-corrected chi connectivity index (χ3v) is 9.45. The second kappa shape index (κ2) is 18.8. The number of aryl methyl sites for hydroxylation is 2. The molecule has 0 atom stereocenters. The largest absolute Gasteiger partial charge is 1.00 e. The smallest absolute Gasteiger partial charge is 0.330 e. The van der Waals surface area contributed by atoms with Gasteiger partial charge < -0.3 is 52.1 Å². The lowest BCUT2D eigenvalue weighted by Crippen LogP contribution is -3.00. The molecule has 206 valence electrons. The highest BCUT2D eigenvalue weighted by Gasteiger charge is 2.24. The maximum absolute atomic E-state index is 12.6. The SMILES string of the molecule is CCOP(=O)(CCC[n+]1ccc(-c2cc[n+](CCCP(=O)(OCC)OCC)cc2)cc1)OCC.[Br-].[Br-]. The van der Waals surface area contributed by atoms with Gasteiger partial charge >= 0.3 is 15.2 Å². The summed E-state index contributed by atoms with van der Waals surface area (Å²) in [6.07, 6.45) is 10.4. The summed E-state index contributed by atoms with van der Waals surface area (Å²) in [5.41, 5.74) is 2.24. The molecule has 0 aliphatic rings. The standard InChI is InChI=1S/C24H40N2O6P2.2BrH/c1-5-29-33(27,30-6-2)21-9-15-25-17-11-23(12-18-25)24-13-19-26(20-14-24)16-10-22-34(28,31-7-3)32-8-4;;/h11-14,17-20H,5-10,15-16,21-22H2,1-4H3;2*1H/q+2;;/p-2. The summed E-state index contributed by atoms with van der Waals surface area (Å²) in [5.74, 6) is 0. The van der Waals surface area contributed by atoms with E-state index in [4.69, 9.17) is 18.1 Å². The molecule has 0 aromatic carbocycles. The Hall–Kier alpha value is -0.440. The molecule has 0 N–H and O–H groups in total. The summed E-state index contributed by atoms with van der Waals surface area (Å²) in [6, 6.07) is 8.30. The molecule has 2 aromatic rings. The van der Waals surface area contributed by atoms with Crippen LogP contribution in [-0.2, 0) is 40.3 Å². The van der Waals surface area contributed by atoms with Crippen LogP contribution >= 0.6 is 15.2 Å². The second-order valence-electron chi connectivity index (χ2n) is 7.70. The first-order valence-electron chi connectivity index (χ1n) is 12.1. The van der Waals surface area contributed by atoms with Crippen molar-refractivity contribution in [3.8, 4) is 11.1 Å². The third-order valence-electron chi connectivity index (χ3n) is 5.12. The Morgan fingerprint density at radius 3 is 1.11 bits per heavy atom. The Labute approximate surface area is 237 Å². The lowest BCUT2D eigenvalue weighted by Gasteiger charge is -2.16. The number of halogens is 2. The molecule has 2 aromatic heterocycles. The van der Waals surface area contributed by atoms with Gasteiger partial charge in [0.15, 0.2) is 24.8 Å². The van der Waals surface area contributed by atoms with Crippen molar-refractivity contribution in [2.24, 2.45) is 0 Å². The zero-order chi connectivity index (χ0) is 24.9. The van der Waals surface area contributed by atoms with Crippen LogP contribution < -0.4 is 43.1 Å². The van der Waals surface area contributed by atoms with Gasteiger partial charge in [-0.15, -0.1) is 0 Å². The predicted molar refractivity (Wildman–Crippen MR) is 133 cm³/mol. The van der Waals surface area contributed by atoms with Crippen LogP contribution in [0.4, 0.5) is 0 Å². The summed E-state index contributed by atoms with van der Waals surface area (Å²) in [5, 5.41) is 0. The average molecular weight is 674 g/mol. The molecule has 2 rings (SSSR count). The van der Waals surface area contributed by atoms with E-state index in [1.807, 2.05) is 52.5 Å². The first-order chi connectivity index (χ1) is 16.4. The van der Waals surface area contributed by atoms with Crippen molar-refractivity contribution in [2.45, 2.75) is 53.6 Å². The number of hydrogen-bond donors (Lipinski definition) is 0. The van der Waals surface area contributed by atoms with Crippen LogP contribution in [0.1, 0.15) is 40.5 Å². The van der Waals surface area contributed by atoms with E-state index in [1.165, 1.54) is 0 Å². The fraction of sp³-hybridized carbons (Fsp3) is 0.583. The molecular weight excluding hydrogens is 634 g/mol. The van der Waals surface area contributed by atoms with E-state index in [0.29, 0.717) is 51.6 Å². The van der Waals surface area contributed by atoms with Gasteiger partial charge in [-0.3, -0.25) is 9.13 Å². The van der Waals surface area contributed by atoms with Crippen molar-refractivity contribution < 1.29 is 70.3 Å². The highest BCUT2D eigenvalue weighted by atomic mass is 79.9. The highest BCUT2D eigenvalue weighted by Crippen LogP contribution is 2.49. The lowest BCUT2D eigenvalue weighted by atomic mass is 10.1. The molecule has 0 bridgehead atoms. The van der Waals surface area contributed by atoms with Crippen LogP contribution in [0.5, 0.6) is 0 Å². The van der Waals surface area contributed by atoms with Gasteiger partial charge in [-0.05, 0) is 38.8 Å². The monoisotopic (exact) mass is 672 g/mol. The van der Waals surface area contributed by atoms with Crippen LogP contribution in [0.25, 0.3) is 11.1 Å². The van der Waals surface area contributed by atoms with E-state index in [0.717, 1.165) is 24.2 Å². The Balaban J connectivity index is 0.00000612. The van der Waals surface area contributed by atoms with Gasteiger partial charge in [-0.25, -0.2) is 9.13 Å². The van der Waals surface area contributed by atoms with Gasteiger partial charge in [0, 0.05) is 37.1 Å². The summed E-state index contributed by atoms with van der Waals surface area (Å²) in [7, 11) is -5.98. The van der Waals surface area contributed by atoms with Crippen molar-refractivity contribution in [1.82, 2.24) is 0 Å². The number of pyridine rings is 2. The average Bonchev–Trinajstić information content (AvgIpc) is 2.81. The van der Waals surface area contributed by atoms with Gasteiger partial charge in [-0.1, -0.05) is 0 Å². The van der Waals surface area contributed by atoms with Gasteiger partial charge in [0.25, 0.3) is 0 Å². The first-order valence-corrected chi connectivity index (χ1v) is 15.6. The van der Waals surface area contributed by atoms with E-state index in [1.54, 1.807) is 0 Å². The number of rotatable bonds is 17. The van der Waals surface area contributed by atoms with Gasteiger partial charge in [0.2, 0.25) is 0 Å². The minimum atomic E-state index is -2.99. The van der Waals surface area contributed by atoms with Crippen LogP contribution in [0.15, 0.2) is 49.1 Å². The lowest BCUT2D eigenvalue weighted by molar-refractivity contribution is -0.697. The van der Waals surface area contributed by atoms with Crippen molar-refractivity contribution in [2.75, 3.05) is 38.8 Å². The van der Waals surface area contributed by atoms with Crippen molar-refractivity contribution in [3.05, 3.63) is 49.1 Å². The summed E-state index contributed by atoms with van der Waals surface area (Å²) in [6.45, 7) is 10.3. The summed E-state index contributed by atoms with van der Waals surface area (Å²) >= 11 is 0. The molecule has 0 amide bonds. The predicted octanol–water partition coefficient (Wildman–Crippen LogP) is -0.751. The molecule has 0 aliphatic carbocycles. The topological polar surface area (TPSA) is 78.8 Å². The first kappa shape index (κ1) is 35.6. The molecular formula is C24H40Br2N2O6P2. The van der Waals surface area contributed by atoms with E-state index in [9.17, 15) is 9.13 Å². The molecule has 2 heterocycles. The zero-order valence-corrected chi connectivity index (χ0v) is 26.6. The third kappa shape index (κ3) is 12.4. The molecule has 12 heteroatoms. The van der Waals surface area contributed by atoms with Crippen LogP contribution in [0.2, 0.25) is 0 Å². The Morgan fingerprint density at radius 1 is 0.583 bits per heavy atom. The Kier molecular flexibility index (Phi) is 18.5. The zero-order valence-electron chi connectivity index (χ0n) is 21.7. The maximum atomic E-state index is 12.6. The Morgan fingerprint density at radius 2 is 0.861 bits per heavy atom. The normalized spacial score (nSPS) is 11.6. The molecule has 0 aliphatic heterocycles. The van der Waals surface area contributed by atoms with Crippen molar-refractivity contribution in [3.63, 3.8) is 0 Å². The molecule has 0 spiro atoms. The van der Waals surface area contributed by atoms with Crippen LogP contribution in [-0.4, -0.2) is 38.8 Å². The van der Waals surface area contributed by atoms with E-state index >= 15 is 0 Å². The number of aromatic nitrogens is 2. The minimum absolute atomic E-state index is 0. The molecule has 0 radical (unpaired) electrons. The van der Waals surface area contributed by atoms with E-state index in [-0.39, 0.29) is 34.0 Å². The molecule has 0 fully saturated rings. The van der Waals surface area contributed by atoms with Gasteiger partial charge in [0.05, 0.1) is 38.8 Å². The van der Waals surface area contributed by atoms with Gasteiger partial charge in [-0.2, -0.15) is 0 Å². The van der Waals surface area contributed by atoms with Crippen molar-refractivity contribution >= 4 is 15.2 Å². The second-order valence-corrected chi connectivity index (χ2v) is 12.1. The minimum Gasteiger partial charge on any atom is -1.00 e. The number of nitrogens with zero attached hydrogens (tertiary/aromatic N) is 2.